The standard InChI is InChI=1S/C27H25N3O4/c1-27(2,3)34-26(32)28-20-13-10-18(11-14-20)24-23(17-8-6-5-7-9-17)29-21-15-12-19(25(31)33-4)16-22(21)30-24/h5-16H,1-4H3,(H,28,32). The van der Waals surface area contributed by atoms with Crippen LogP contribution >= 0.6 is 0 Å². The number of nitrogens with one attached hydrogen (secondary N) is 1. The summed E-state index contributed by atoms with van der Waals surface area (Å²) in [6.45, 7) is 5.43. The van der Waals surface area contributed by atoms with Gasteiger partial charge in [0.05, 0.1) is 35.1 Å². The van der Waals surface area contributed by atoms with Gasteiger partial charge in [0.15, 0.2) is 0 Å². The Morgan fingerprint density at radius 2 is 1.41 bits per heavy atom. The number of fused-ring (bicyclic) bond motifs is 1. The first kappa shape index (κ1) is 22.9. The Balaban J connectivity index is 1.76. The normalized spacial score (nSPS) is 11.2. The molecule has 1 heterocycles. The van der Waals surface area contributed by atoms with Crippen LogP contribution in [0.2, 0.25) is 0 Å². The molecule has 172 valence electrons. The molecule has 0 unspecified atom stereocenters. The number of ether oxygens (including phenoxy) is 2. The fourth-order valence-corrected chi connectivity index (χ4v) is 3.43. The van der Waals surface area contributed by atoms with Gasteiger partial charge in [-0.2, -0.15) is 0 Å². The zero-order valence-corrected chi connectivity index (χ0v) is 19.5. The van der Waals surface area contributed by atoms with Crippen LogP contribution in [0, 0.1) is 0 Å². The summed E-state index contributed by atoms with van der Waals surface area (Å²) in [7, 11) is 1.34. The molecule has 0 aliphatic heterocycles. The molecule has 1 amide bonds. The number of hydrogen-bond donors (Lipinski definition) is 1. The maximum absolute atomic E-state index is 12.1. The summed E-state index contributed by atoms with van der Waals surface area (Å²) < 4.78 is 10.1. The molecular weight excluding hydrogens is 430 g/mol. The van der Waals surface area contributed by atoms with Gasteiger partial charge in [0, 0.05) is 16.8 Å². The van der Waals surface area contributed by atoms with Gasteiger partial charge in [-0.1, -0.05) is 42.5 Å². The quantitative estimate of drug-likeness (QED) is 0.374. The van der Waals surface area contributed by atoms with Crippen molar-refractivity contribution in [2.75, 3.05) is 12.4 Å². The zero-order chi connectivity index (χ0) is 24.3. The van der Waals surface area contributed by atoms with Crippen LogP contribution in [0.15, 0.2) is 72.8 Å². The number of aromatic nitrogens is 2. The topological polar surface area (TPSA) is 90.4 Å². The molecule has 0 aliphatic rings. The maximum atomic E-state index is 12.1. The maximum Gasteiger partial charge on any atom is 0.412 e. The van der Waals surface area contributed by atoms with Crippen LogP contribution in [0.3, 0.4) is 0 Å². The third kappa shape index (κ3) is 5.20. The van der Waals surface area contributed by atoms with Crippen LogP contribution in [0.4, 0.5) is 10.5 Å². The molecule has 1 N–H and O–H groups in total. The van der Waals surface area contributed by atoms with E-state index in [-0.39, 0.29) is 0 Å². The first-order chi connectivity index (χ1) is 16.2. The minimum atomic E-state index is -0.585. The van der Waals surface area contributed by atoms with Gasteiger partial charge in [-0.05, 0) is 51.1 Å². The van der Waals surface area contributed by atoms with Gasteiger partial charge in [0.1, 0.15) is 5.60 Å². The lowest BCUT2D eigenvalue weighted by Gasteiger charge is -2.19. The van der Waals surface area contributed by atoms with Crippen molar-refractivity contribution in [3.8, 4) is 22.5 Å². The Morgan fingerprint density at radius 3 is 2.03 bits per heavy atom. The molecule has 0 aliphatic carbocycles. The predicted octanol–water partition coefficient (Wildman–Crippen LogP) is 6.10. The molecule has 0 bridgehead atoms. The summed E-state index contributed by atoms with van der Waals surface area (Å²) in [5.74, 6) is -0.435. The van der Waals surface area contributed by atoms with Crippen molar-refractivity contribution in [1.82, 2.24) is 9.97 Å². The highest BCUT2D eigenvalue weighted by Gasteiger charge is 2.17. The number of nitrogens with zero attached hydrogens (tertiary/aromatic N) is 2. The van der Waals surface area contributed by atoms with Gasteiger partial charge >= 0.3 is 12.1 Å². The second kappa shape index (κ2) is 9.31. The number of benzene rings is 3. The first-order valence-corrected chi connectivity index (χ1v) is 10.8. The van der Waals surface area contributed by atoms with E-state index in [1.807, 2.05) is 63.2 Å². The molecule has 3 aromatic carbocycles. The van der Waals surface area contributed by atoms with Crippen molar-refractivity contribution in [1.29, 1.82) is 0 Å². The van der Waals surface area contributed by atoms with Crippen LogP contribution in [0.1, 0.15) is 31.1 Å². The highest BCUT2D eigenvalue weighted by molar-refractivity contribution is 5.95. The highest BCUT2D eigenvalue weighted by Crippen LogP contribution is 2.32. The Morgan fingerprint density at radius 1 is 0.794 bits per heavy atom. The van der Waals surface area contributed by atoms with Crippen molar-refractivity contribution < 1.29 is 19.1 Å². The van der Waals surface area contributed by atoms with E-state index in [1.54, 1.807) is 30.3 Å². The number of carbonyl (C=O) groups is 2. The molecule has 4 rings (SSSR count). The Hall–Kier alpha value is -4.26. The Bertz CT molecular complexity index is 1340. The SMILES string of the molecule is COC(=O)c1ccc2nc(-c3ccccc3)c(-c3ccc(NC(=O)OC(C)(C)C)cc3)nc2c1. The van der Waals surface area contributed by atoms with E-state index in [0.717, 1.165) is 11.1 Å². The fraction of sp³-hybridized carbons (Fsp3) is 0.185. The number of amides is 1. The molecule has 34 heavy (non-hydrogen) atoms. The minimum Gasteiger partial charge on any atom is -0.465 e. The summed E-state index contributed by atoms with van der Waals surface area (Å²) >= 11 is 0. The van der Waals surface area contributed by atoms with Crippen LogP contribution in [0.25, 0.3) is 33.5 Å². The van der Waals surface area contributed by atoms with Gasteiger partial charge in [-0.15, -0.1) is 0 Å². The predicted molar refractivity (Wildman–Crippen MR) is 132 cm³/mol. The first-order valence-electron chi connectivity index (χ1n) is 10.8. The average Bonchev–Trinajstić information content (AvgIpc) is 2.82. The van der Waals surface area contributed by atoms with E-state index in [9.17, 15) is 9.59 Å². The minimum absolute atomic E-state index is 0.402. The molecule has 1 aromatic heterocycles. The van der Waals surface area contributed by atoms with Crippen molar-refractivity contribution in [3.05, 3.63) is 78.4 Å². The van der Waals surface area contributed by atoms with E-state index in [4.69, 9.17) is 19.4 Å². The molecule has 0 atom stereocenters. The van der Waals surface area contributed by atoms with Crippen molar-refractivity contribution in [3.63, 3.8) is 0 Å². The van der Waals surface area contributed by atoms with Crippen molar-refractivity contribution in [2.24, 2.45) is 0 Å². The lowest BCUT2D eigenvalue weighted by Crippen LogP contribution is -2.27. The summed E-state index contributed by atoms with van der Waals surface area (Å²) in [5, 5.41) is 2.73. The number of rotatable bonds is 4. The molecular formula is C27H25N3O4. The van der Waals surface area contributed by atoms with Gasteiger partial charge in [0.2, 0.25) is 0 Å². The lowest BCUT2D eigenvalue weighted by molar-refractivity contribution is 0.0598. The van der Waals surface area contributed by atoms with Gasteiger partial charge in [-0.25, -0.2) is 19.6 Å². The summed E-state index contributed by atoms with van der Waals surface area (Å²) in [4.78, 5) is 33.8. The molecule has 0 spiro atoms. The number of hydrogen-bond acceptors (Lipinski definition) is 6. The van der Waals surface area contributed by atoms with Gasteiger partial charge < -0.3 is 9.47 Å². The molecule has 7 nitrogen and oxygen atoms in total. The highest BCUT2D eigenvalue weighted by atomic mass is 16.6. The summed E-state index contributed by atoms with van der Waals surface area (Å²) in [5.41, 5.74) is 4.76. The monoisotopic (exact) mass is 455 g/mol. The lowest BCUT2D eigenvalue weighted by atomic mass is 10.0. The molecule has 7 heteroatoms. The molecule has 4 aromatic rings. The van der Waals surface area contributed by atoms with Crippen molar-refractivity contribution in [2.45, 2.75) is 26.4 Å². The van der Waals surface area contributed by atoms with Crippen LogP contribution in [0.5, 0.6) is 0 Å². The van der Waals surface area contributed by atoms with E-state index in [0.29, 0.717) is 33.7 Å². The Labute approximate surface area is 197 Å². The third-order valence-electron chi connectivity index (χ3n) is 4.94. The third-order valence-corrected chi connectivity index (χ3v) is 4.94. The number of esters is 1. The molecule has 0 fully saturated rings. The van der Waals surface area contributed by atoms with Crippen LogP contribution < -0.4 is 5.32 Å². The van der Waals surface area contributed by atoms with Crippen molar-refractivity contribution >= 4 is 28.8 Å². The Kier molecular flexibility index (Phi) is 6.27. The average molecular weight is 456 g/mol. The second-order valence-electron chi connectivity index (χ2n) is 8.69. The van der Waals surface area contributed by atoms with Crippen LogP contribution in [-0.4, -0.2) is 34.7 Å². The number of anilines is 1. The number of carbonyl (C=O) groups excluding carboxylic acids is 2. The molecule has 0 saturated heterocycles. The molecule has 0 radical (unpaired) electrons. The van der Waals surface area contributed by atoms with Gasteiger partial charge in [-0.3, -0.25) is 5.32 Å². The van der Waals surface area contributed by atoms with E-state index < -0.39 is 17.7 Å². The summed E-state index contributed by atoms with van der Waals surface area (Å²) in [6.07, 6.45) is -0.522. The molecule has 0 saturated carbocycles. The number of methoxy groups -OCH3 is 1. The fourth-order valence-electron chi connectivity index (χ4n) is 3.43. The smallest absolute Gasteiger partial charge is 0.412 e. The van der Waals surface area contributed by atoms with Crippen LogP contribution in [-0.2, 0) is 9.47 Å². The van der Waals surface area contributed by atoms with E-state index in [2.05, 4.69) is 5.32 Å². The second-order valence-corrected chi connectivity index (χ2v) is 8.69. The van der Waals surface area contributed by atoms with E-state index >= 15 is 0 Å². The largest absolute Gasteiger partial charge is 0.465 e. The van der Waals surface area contributed by atoms with E-state index in [1.165, 1.54) is 7.11 Å². The van der Waals surface area contributed by atoms with Gasteiger partial charge in [0.25, 0.3) is 0 Å². The summed E-state index contributed by atoms with van der Waals surface area (Å²) in [6, 6.07) is 22.2. The zero-order valence-electron chi connectivity index (χ0n) is 19.5.